The van der Waals surface area contributed by atoms with Crippen LogP contribution in [0.1, 0.15) is 34.0 Å². The molecule has 0 N–H and O–H groups in total. The first kappa shape index (κ1) is 12.8. The van der Waals surface area contributed by atoms with E-state index in [1.54, 1.807) is 0 Å². The highest BCUT2D eigenvalue weighted by atomic mass is 35.5. The minimum Gasteiger partial charge on any atom is -0.293 e. The number of ketones is 1. The van der Waals surface area contributed by atoms with Crippen molar-refractivity contribution in [2.45, 2.75) is 25.7 Å². The summed E-state index contributed by atoms with van der Waals surface area (Å²) in [4.78, 5) is 17.8. The van der Waals surface area contributed by atoms with Crippen LogP contribution >= 0.6 is 11.6 Å². The van der Waals surface area contributed by atoms with Gasteiger partial charge < -0.3 is 0 Å². The van der Waals surface area contributed by atoms with Gasteiger partial charge in [0.05, 0.1) is 5.69 Å². The molecular weight excluding hydrogens is 282 g/mol. The second-order valence-corrected chi connectivity index (χ2v) is 6.37. The molecule has 2 aliphatic rings. The van der Waals surface area contributed by atoms with E-state index < -0.39 is 5.41 Å². The van der Waals surface area contributed by atoms with E-state index in [0.29, 0.717) is 11.4 Å². The molecular formula is C18H14ClNO. The van der Waals surface area contributed by atoms with Crippen LogP contribution in [-0.2, 0) is 11.8 Å². The predicted molar refractivity (Wildman–Crippen MR) is 85.1 cm³/mol. The van der Waals surface area contributed by atoms with Crippen LogP contribution in [-0.4, -0.2) is 11.5 Å². The number of hydrogen-bond acceptors (Lipinski definition) is 2. The van der Waals surface area contributed by atoms with Crippen molar-refractivity contribution in [2.24, 2.45) is 4.99 Å². The summed E-state index contributed by atoms with van der Waals surface area (Å²) in [6.07, 6.45) is 0.685. The minimum absolute atomic E-state index is 0.156. The molecule has 2 aromatic rings. The number of carbonyl (C=O) groups excluding carboxylic acids is 1. The lowest BCUT2D eigenvalue weighted by Crippen LogP contribution is -2.38. The van der Waals surface area contributed by atoms with Crippen molar-refractivity contribution >= 4 is 28.8 Å². The average molecular weight is 296 g/mol. The van der Waals surface area contributed by atoms with Gasteiger partial charge in [0.25, 0.3) is 0 Å². The SMILES string of the molecule is CC1=Nc2ccc(Cl)cc2C12Cc1ccc(C)cc1C2=O. The van der Waals surface area contributed by atoms with Crippen LogP contribution in [0.3, 0.4) is 0 Å². The third kappa shape index (κ3) is 1.54. The molecule has 104 valence electrons. The smallest absolute Gasteiger partial charge is 0.179 e. The zero-order valence-electron chi connectivity index (χ0n) is 11.9. The molecule has 0 fully saturated rings. The Morgan fingerprint density at radius 3 is 2.76 bits per heavy atom. The van der Waals surface area contributed by atoms with Crippen molar-refractivity contribution in [3.8, 4) is 0 Å². The predicted octanol–water partition coefficient (Wildman–Crippen LogP) is 4.43. The number of hydrogen-bond donors (Lipinski definition) is 0. The van der Waals surface area contributed by atoms with E-state index in [0.717, 1.165) is 33.7 Å². The Morgan fingerprint density at radius 1 is 1.14 bits per heavy atom. The Morgan fingerprint density at radius 2 is 1.95 bits per heavy atom. The normalized spacial score (nSPS) is 22.4. The van der Waals surface area contributed by atoms with E-state index in [4.69, 9.17) is 11.6 Å². The summed E-state index contributed by atoms with van der Waals surface area (Å²) in [6, 6.07) is 11.7. The van der Waals surface area contributed by atoms with Crippen LogP contribution in [0.4, 0.5) is 5.69 Å². The van der Waals surface area contributed by atoms with E-state index in [1.165, 1.54) is 0 Å². The maximum atomic E-state index is 13.1. The number of carbonyl (C=O) groups is 1. The van der Waals surface area contributed by atoms with Gasteiger partial charge in [0.15, 0.2) is 5.78 Å². The van der Waals surface area contributed by atoms with Crippen LogP contribution in [0.15, 0.2) is 41.4 Å². The number of aliphatic imine (C=N–C) groups is 1. The Balaban J connectivity index is 1.98. The molecule has 0 bridgehead atoms. The van der Waals surface area contributed by atoms with Gasteiger partial charge in [-0.1, -0.05) is 29.3 Å². The Kier molecular flexibility index (Phi) is 2.46. The molecule has 0 amide bonds. The number of benzene rings is 2. The highest BCUT2D eigenvalue weighted by Crippen LogP contribution is 2.49. The number of rotatable bonds is 0. The van der Waals surface area contributed by atoms with E-state index in [-0.39, 0.29) is 5.78 Å². The van der Waals surface area contributed by atoms with Gasteiger partial charge in [-0.25, -0.2) is 0 Å². The van der Waals surface area contributed by atoms with E-state index in [2.05, 4.69) is 17.1 Å². The lowest BCUT2D eigenvalue weighted by molar-refractivity contribution is 0.0946. The third-order valence-corrected chi connectivity index (χ3v) is 4.91. The Labute approximate surface area is 128 Å². The largest absolute Gasteiger partial charge is 0.293 e. The van der Waals surface area contributed by atoms with Crippen molar-refractivity contribution in [1.29, 1.82) is 0 Å². The van der Waals surface area contributed by atoms with Crippen molar-refractivity contribution in [1.82, 2.24) is 0 Å². The Hall–Kier alpha value is -1.93. The summed E-state index contributed by atoms with van der Waals surface area (Å²) < 4.78 is 0. The van der Waals surface area contributed by atoms with Crippen LogP contribution in [0.2, 0.25) is 5.02 Å². The topological polar surface area (TPSA) is 29.4 Å². The molecule has 0 radical (unpaired) electrons. The monoisotopic (exact) mass is 295 g/mol. The van der Waals surface area contributed by atoms with Crippen LogP contribution < -0.4 is 0 Å². The van der Waals surface area contributed by atoms with E-state index >= 15 is 0 Å². The number of Topliss-reactive ketones (excluding diaryl/α,β-unsaturated/α-hetero) is 1. The lowest BCUT2D eigenvalue weighted by Gasteiger charge is -2.23. The highest BCUT2D eigenvalue weighted by molar-refractivity contribution is 6.31. The lowest BCUT2D eigenvalue weighted by atomic mass is 9.74. The summed E-state index contributed by atoms with van der Waals surface area (Å²) in [5.74, 6) is 0.156. The first-order valence-electron chi connectivity index (χ1n) is 7.02. The van der Waals surface area contributed by atoms with Gasteiger partial charge >= 0.3 is 0 Å². The van der Waals surface area contributed by atoms with Crippen molar-refractivity contribution in [2.75, 3.05) is 0 Å². The van der Waals surface area contributed by atoms with Crippen LogP contribution in [0, 0.1) is 6.92 Å². The maximum absolute atomic E-state index is 13.1. The average Bonchev–Trinajstić information content (AvgIpc) is 2.89. The number of fused-ring (bicyclic) bond motifs is 3. The fourth-order valence-corrected chi connectivity index (χ4v) is 3.75. The molecule has 0 saturated carbocycles. The number of aryl methyl sites for hydroxylation is 1. The quantitative estimate of drug-likeness (QED) is 0.707. The van der Waals surface area contributed by atoms with Gasteiger partial charge in [0, 0.05) is 16.3 Å². The van der Waals surface area contributed by atoms with Crippen LogP contribution in [0.25, 0.3) is 0 Å². The molecule has 2 nitrogen and oxygen atoms in total. The summed E-state index contributed by atoms with van der Waals surface area (Å²) in [7, 11) is 0. The van der Waals surface area contributed by atoms with Gasteiger partial charge in [-0.05, 0) is 55.7 Å². The molecule has 21 heavy (non-hydrogen) atoms. The minimum atomic E-state index is -0.642. The fraction of sp³-hybridized carbons (Fsp3) is 0.222. The zero-order valence-corrected chi connectivity index (χ0v) is 12.7. The molecule has 4 rings (SSSR count). The summed E-state index contributed by atoms with van der Waals surface area (Å²) in [6.45, 7) is 3.96. The van der Waals surface area contributed by atoms with Gasteiger partial charge in [0.1, 0.15) is 5.41 Å². The molecule has 1 aliphatic heterocycles. The molecule has 0 aromatic heterocycles. The van der Waals surface area contributed by atoms with Crippen molar-refractivity contribution in [3.63, 3.8) is 0 Å². The first-order chi connectivity index (χ1) is 10.0. The van der Waals surface area contributed by atoms with Crippen molar-refractivity contribution in [3.05, 3.63) is 63.7 Å². The van der Waals surface area contributed by atoms with Crippen LogP contribution in [0.5, 0.6) is 0 Å². The van der Waals surface area contributed by atoms with Gasteiger partial charge in [-0.3, -0.25) is 9.79 Å². The molecule has 2 aromatic carbocycles. The molecule has 3 heteroatoms. The standard InChI is InChI=1S/C18H14ClNO/c1-10-3-4-12-9-18(17(21)14(12)7-10)11(2)20-16-6-5-13(19)8-15(16)18/h3-8H,9H2,1-2H3. The molecule has 1 aliphatic carbocycles. The molecule has 0 saturated heterocycles. The second kappa shape index (κ2) is 4.05. The highest BCUT2D eigenvalue weighted by Gasteiger charge is 2.52. The summed E-state index contributed by atoms with van der Waals surface area (Å²) in [5.41, 5.74) is 5.10. The summed E-state index contributed by atoms with van der Waals surface area (Å²) >= 11 is 6.15. The van der Waals surface area contributed by atoms with E-state index in [9.17, 15) is 4.79 Å². The third-order valence-electron chi connectivity index (χ3n) is 4.68. The zero-order chi connectivity index (χ0) is 14.8. The van der Waals surface area contributed by atoms with Crippen molar-refractivity contribution < 1.29 is 4.79 Å². The van der Waals surface area contributed by atoms with Gasteiger partial charge in [-0.2, -0.15) is 0 Å². The molecule has 1 spiro atoms. The van der Waals surface area contributed by atoms with Gasteiger partial charge in [0.2, 0.25) is 0 Å². The van der Waals surface area contributed by atoms with E-state index in [1.807, 2.05) is 38.1 Å². The molecule has 1 unspecified atom stereocenters. The second-order valence-electron chi connectivity index (χ2n) is 5.93. The van der Waals surface area contributed by atoms with Gasteiger partial charge in [-0.15, -0.1) is 0 Å². The summed E-state index contributed by atoms with van der Waals surface area (Å²) in [5, 5.41) is 0.651. The fourth-order valence-electron chi connectivity index (χ4n) is 3.58. The maximum Gasteiger partial charge on any atom is 0.179 e. The number of halogens is 1. The first-order valence-corrected chi connectivity index (χ1v) is 7.40. The molecule has 1 atom stereocenters. The molecule has 1 heterocycles. The Bertz CT molecular complexity index is 837. The number of nitrogens with zero attached hydrogens (tertiary/aromatic N) is 1.